The number of nitrogens with zero attached hydrogens (tertiary/aromatic N) is 1. The lowest BCUT2D eigenvalue weighted by atomic mass is 10.1. The van der Waals surface area contributed by atoms with E-state index in [9.17, 15) is 9.18 Å². The average Bonchev–Trinajstić information content (AvgIpc) is 3.04. The van der Waals surface area contributed by atoms with E-state index in [-0.39, 0.29) is 18.1 Å². The number of carbonyl (C=O) groups is 1. The molecule has 1 aliphatic rings. The summed E-state index contributed by atoms with van der Waals surface area (Å²) < 4.78 is 18.4. The number of nitrogens with one attached hydrogen (secondary N) is 1. The zero-order valence-electron chi connectivity index (χ0n) is 12.3. The quantitative estimate of drug-likeness (QED) is 0.681. The van der Waals surface area contributed by atoms with E-state index < -0.39 is 0 Å². The molecule has 5 heteroatoms. The van der Waals surface area contributed by atoms with E-state index in [1.807, 2.05) is 12.1 Å². The monoisotopic (exact) mass is 300 g/mol. The number of hydrogen-bond donors (Lipinski definition) is 1. The molecule has 1 fully saturated rings. The molecule has 114 valence electrons. The van der Waals surface area contributed by atoms with E-state index in [2.05, 4.69) is 17.5 Å². The highest BCUT2D eigenvalue weighted by Gasteiger charge is 2.36. The van der Waals surface area contributed by atoms with Gasteiger partial charge in [-0.15, -0.1) is 0 Å². The summed E-state index contributed by atoms with van der Waals surface area (Å²) in [5.74, 6) is 2.23. The fourth-order valence-electron chi connectivity index (χ4n) is 2.35. The Kier molecular flexibility index (Phi) is 4.04. The highest BCUT2D eigenvalue weighted by Crippen LogP contribution is 2.47. The van der Waals surface area contributed by atoms with Crippen molar-refractivity contribution >= 4 is 12.1 Å². The number of rotatable bonds is 5. The van der Waals surface area contributed by atoms with Gasteiger partial charge in [0, 0.05) is 5.92 Å². The van der Waals surface area contributed by atoms with Crippen LogP contribution in [-0.4, -0.2) is 12.1 Å². The zero-order valence-corrected chi connectivity index (χ0v) is 12.3. The molecular weight excluding hydrogens is 283 g/mol. The van der Waals surface area contributed by atoms with E-state index in [1.54, 1.807) is 12.1 Å². The summed E-state index contributed by atoms with van der Waals surface area (Å²) in [5.41, 5.74) is 3.17. The lowest BCUT2D eigenvalue weighted by molar-refractivity contribution is -0.120. The van der Waals surface area contributed by atoms with Crippen LogP contribution in [0.4, 0.5) is 4.39 Å². The molecule has 1 saturated carbocycles. The Hall–Kier alpha value is -2.43. The van der Waals surface area contributed by atoms with Gasteiger partial charge in [-0.05, 0) is 42.2 Å². The second-order valence-electron chi connectivity index (χ2n) is 5.66. The van der Waals surface area contributed by atoms with Crippen molar-refractivity contribution in [3.05, 3.63) is 59.3 Å². The highest BCUT2D eigenvalue weighted by molar-refractivity contribution is 5.81. The SMILES string of the molecule is C[C@@H]1C[C@H]1c1ccc(/C=N\NC(=O)Cc2ccc(F)cc2)o1. The number of hydrogen-bond acceptors (Lipinski definition) is 3. The first-order chi connectivity index (χ1) is 10.6. The number of hydrazone groups is 1. The Morgan fingerprint density at radius 3 is 2.77 bits per heavy atom. The first-order valence-electron chi connectivity index (χ1n) is 7.28. The summed E-state index contributed by atoms with van der Waals surface area (Å²) in [6.45, 7) is 2.19. The zero-order chi connectivity index (χ0) is 15.5. The molecule has 1 aromatic heterocycles. The molecule has 0 aliphatic heterocycles. The average molecular weight is 300 g/mol. The molecule has 0 saturated heterocycles. The summed E-state index contributed by atoms with van der Waals surface area (Å²) >= 11 is 0. The number of amides is 1. The minimum absolute atomic E-state index is 0.153. The molecule has 22 heavy (non-hydrogen) atoms. The van der Waals surface area contributed by atoms with Crippen LogP contribution in [0.15, 0.2) is 45.9 Å². The largest absolute Gasteiger partial charge is 0.460 e. The van der Waals surface area contributed by atoms with E-state index in [1.165, 1.54) is 24.8 Å². The first-order valence-corrected chi connectivity index (χ1v) is 7.28. The molecule has 1 amide bonds. The van der Waals surface area contributed by atoms with Gasteiger partial charge in [0.25, 0.3) is 0 Å². The molecule has 0 bridgehead atoms. The van der Waals surface area contributed by atoms with Crippen molar-refractivity contribution in [3.8, 4) is 0 Å². The lowest BCUT2D eigenvalue weighted by Crippen LogP contribution is -2.19. The Labute approximate surface area is 128 Å². The summed E-state index contributed by atoms with van der Waals surface area (Å²) in [5, 5.41) is 3.87. The third-order valence-electron chi connectivity index (χ3n) is 3.78. The maximum Gasteiger partial charge on any atom is 0.244 e. The minimum atomic E-state index is -0.319. The van der Waals surface area contributed by atoms with Gasteiger partial charge in [0.05, 0.1) is 12.6 Å². The van der Waals surface area contributed by atoms with Gasteiger partial charge in [0.2, 0.25) is 5.91 Å². The molecule has 2 aromatic rings. The van der Waals surface area contributed by atoms with E-state index in [0.29, 0.717) is 17.6 Å². The number of benzene rings is 1. The van der Waals surface area contributed by atoms with Crippen molar-refractivity contribution in [2.45, 2.75) is 25.7 Å². The third-order valence-corrected chi connectivity index (χ3v) is 3.78. The highest BCUT2D eigenvalue weighted by atomic mass is 19.1. The Bertz CT molecular complexity index is 691. The molecule has 0 radical (unpaired) electrons. The molecule has 3 rings (SSSR count). The first kappa shape index (κ1) is 14.5. The molecule has 0 unspecified atom stereocenters. The standard InChI is InChI=1S/C17H17FN2O2/c1-11-8-15(11)16-7-6-14(22-16)10-19-20-17(21)9-12-2-4-13(18)5-3-12/h2-7,10-11,15H,8-9H2,1H3,(H,20,21)/b19-10-/t11-,15-/m1/s1. The van der Waals surface area contributed by atoms with Crippen molar-refractivity contribution in [1.29, 1.82) is 0 Å². The summed E-state index contributed by atoms with van der Waals surface area (Å²) in [6, 6.07) is 9.61. The van der Waals surface area contributed by atoms with Gasteiger partial charge in [-0.2, -0.15) is 5.10 Å². The van der Waals surface area contributed by atoms with Crippen LogP contribution < -0.4 is 5.43 Å². The van der Waals surface area contributed by atoms with Gasteiger partial charge in [-0.3, -0.25) is 4.79 Å². The van der Waals surface area contributed by atoms with Crippen LogP contribution in [0.5, 0.6) is 0 Å². The van der Waals surface area contributed by atoms with Crippen LogP contribution in [0.25, 0.3) is 0 Å². The van der Waals surface area contributed by atoms with Crippen molar-refractivity contribution in [1.82, 2.24) is 5.43 Å². The van der Waals surface area contributed by atoms with E-state index in [0.717, 1.165) is 11.3 Å². The van der Waals surface area contributed by atoms with Gasteiger partial charge < -0.3 is 4.42 Å². The van der Waals surface area contributed by atoms with Gasteiger partial charge in [0.15, 0.2) is 0 Å². The molecular formula is C17H17FN2O2. The summed E-state index contributed by atoms with van der Waals surface area (Å²) in [6.07, 6.45) is 2.80. The van der Waals surface area contributed by atoms with Crippen LogP contribution in [0.2, 0.25) is 0 Å². The van der Waals surface area contributed by atoms with Crippen molar-refractivity contribution in [2.24, 2.45) is 11.0 Å². The molecule has 1 heterocycles. The Morgan fingerprint density at radius 2 is 2.09 bits per heavy atom. The molecule has 1 aliphatic carbocycles. The maximum absolute atomic E-state index is 12.8. The predicted octanol–water partition coefficient (Wildman–Crippen LogP) is 3.23. The molecule has 4 nitrogen and oxygen atoms in total. The fraction of sp³-hybridized carbons (Fsp3) is 0.294. The topological polar surface area (TPSA) is 54.6 Å². The smallest absolute Gasteiger partial charge is 0.244 e. The molecule has 1 aromatic carbocycles. The van der Waals surface area contributed by atoms with E-state index >= 15 is 0 Å². The van der Waals surface area contributed by atoms with Crippen LogP contribution in [0.1, 0.15) is 36.3 Å². The minimum Gasteiger partial charge on any atom is -0.460 e. The summed E-state index contributed by atoms with van der Waals surface area (Å²) in [4.78, 5) is 11.7. The van der Waals surface area contributed by atoms with Crippen LogP contribution in [0.3, 0.4) is 0 Å². The van der Waals surface area contributed by atoms with E-state index in [4.69, 9.17) is 4.42 Å². The van der Waals surface area contributed by atoms with Crippen LogP contribution in [0, 0.1) is 11.7 Å². The maximum atomic E-state index is 12.8. The van der Waals surface area contributed by atoms with Gasteiger partial charge in [0.1, 0.15) is 17.3 Å². The third kappa shape index (κ3) is 3.61. The van der Waals surface area contributed by atoms with Gasteiger partial charge in [-0.25, -0.2) is 9.82 Å². The molecule has 2 atom stereocenters. The number of furan rings is 1. The van der Waals surface area contributed by atoms with Crippen molar-refractivity contribution < 1.29 is 13.6 Å². The second-order valence-corrected chi connectivity index (χ2v) is 5.66. The van der Waals surface area contributed by atoms with Crippen LogP contribution in [-0.2, 0) is 11.2 Å². The lowest BCUT2D eigenvalue weighted by Gasteiger charge is -1.99. The van der Waals surface area contributed by atoms with Crippen molar-refractivity contribution in [3.63, 3.8) is 0 Å². The van der Waals surface area contributed by atoms with Crippen molar-refractivity contribution in [2.75, 3.05) is 0 Å². The fourth-order valence-corrected chi connectivity index (χ4v) is 2.35. The summed E-state index contributed by atoms with van der Waals surface area (Å²) in [7, 11) is 0. The van der Waals surface area contributed by atoms with Gasteiger partial charge in [-0.1, -0.05) is 19.1 Å². The number of halogens is 1. The van der Waals surface area contributed by atoms with Crippen LogP contribution >= 0.6 is 0 Å². The van der Waals surface area contributed by atoms with Gasteiger partial charge >= 0.3 is 0 Å². The second kappa shape index (κ2) is 6.13. The normalized spacial score (nSPS) is 20.3. The Balaban J connectivity index is 1.49. The Morgan fingerprint density at radius 1 is 1.36 bits per heavy atom. The molecule has 0 spiro atoms. The predicted molar refractivity (Wildman–Crippen MR) is 81.1 cm³/mol. The molecule has 1 N–H and O–H groups in total. The number of carbonyl (C=O) groups excluding carboxylic acids is 1.